The molecule has 5 nitrogen and oxygen atoms in total. The molecular formula is C19H16F4N4O. The van der Waals surface area contributed by atoms with E-state index in [4.69, 9.17) is 0 Å². The van der Waals surface area contributed by atoms with E-state index < -0.39 is 29.5 Å². The van der Waals surface area contributed by atoms with Gasteiger partial charge < -0.3 is 4.90 Å². The molecule has 0 aliphatic carbocycles. The third-order valence-corrected chi connectivity index (χ3v) is 4.42. The smallest absolute Gasteiger partial charge is 0.334 e. The Kier molecular flexibility index (Phi) is 5.17. The molecule has 0 aliphatic heterocycles. The highest BCUT2D eigenvalue weighted by Gasteiger charge is 2.34. The predicted octanol–water partition coefficient (Wildman–Crippen LogP) is 4.26. The molecule has 0 radical (unpaired) electrons. The van der Waals surface area contributed by atoms with E-state index in [9.17, 15) is 22.4 Å². The van der Waals surface area contributed by atoms with Gasteiger partial charge in [0.25, 0.3) is 5.91 Å². The quantitative estimate of drug-likeness (QED) is 0.624. The lowest BCUT2D eigenvalue weighted by molar-refractivity contribution is -0.137. The molecule has 1 amide bonds. The van der Waals surface area contributed by atoms with Gasteiger partial charge in [0.15, 0.2) is 5.69 Å². The van der Waals surface area contributed by atoms with Gasteiger partial charge in [0.05, 0.1) is 23.5 Å². The van der Waals surface area contributed by atoms with Gasteiger partial charge in [0.2, 0.25) is 0 Å². The third kappa shape index (κ3) is 3.88. The molecule has 1 aromatic heterocycles. The van der Waals surface area contributed by atoms with Crippen LogP contribution in [0.1, 0.15) is 34.6 Å². The summed E-state index contributed by atoms with van der Waals surface area (Å²) in [7, 11) is 1.53. The fraction of sp³-hybridized carbons (Fsp3) is 0.211. The summed E-state index contributed by atoms with van der Waals surface area (Å²) in [5.74, 6) is -0.913. The Bertz CT molecular complexity index is 982. The second-order valence-electron chi connectivity index (χ2n) is 6.21. The van der Waals surface area contributed by atoms with E-state index in [-0.39, 0.29) is 11.4 Å². The number of halogens is 4. The van der Waals surface area contributed by atoms with Crippen LogP contribution in [0.5, 0.6) is 0 Å². The van der Waals surface area contributed by atoms with Crippen molar-refractivity contribution < 1.29 is 22.4 Å². The van der Waals surface area contributed by atoms with Gasteiger partial charge in [0, 0.05) is 7.05 Å². The first-order valence-corrected chi connectivity index (χ1v) is 8.30. The molecule has 1 heterocycles. The van der Waals surface area contributed by atoms with Crippen LogP contribution in [0, 0.1) is 5.82 Å². The Morgan fingerprint density at radius 2 is 1.75 bits per heavy atom. The zero-order valence-corrected chi connectivity index (χ0v) is 15.0. The first-order valence-electron chi connectivity index (χ1n) is 8.30. The first-order chi connectivity index (χ1) is 13.2. The van der Waals surface area contributed by atoms with Crippen LogP contribution in [0.25, 0.3) is 5.69 Å². The van der Waals surface area contributed by atoms with E-state index in [2.05, 4.69) is 10.3 Å². The topological polar surface area (TPSA) is 51.0 Å². The molecule has 0 N–H and O–H groups in total. The van der Waals surface area contributed by atoms with Gasteiger partial charge in [-0.1, -0.05) is 29.5 Å². The molecule has 0 unspecified atom stereocenters. The summed E-state index contributed by atoms with van der Waals surface area (Å²) in [5.41, 5.74) is -0.511. The lowest BCUT2D eigenvalue weighted by atomic mass is 10.1. The van der Waals surface area contributed by atoms with Crippen molar-refractivity contribution in [3.05, 3.63) is 77.4 Å². The fourth-order valence-electron chi connectivity index (χ4n) is 2.71. The number of carbonyl (C=O) groups excluding carboxylic acids is 1. The van der Waals surface area contributed by atoms with Crippen molar-refractivity contribution in [3.63, 3.8) is 0 Å². The minimum absolute atomic E-state index is 0.103. The van der Waals surface area contributed by atoms with Crippen LogP contribution in [0.4, 0.5) is 17.6 Å². The van der Waals surface area contributed by atoms with Gasteiger partial charge in [-0.15, -0.1) is 5.10 Å². The Labute approximate surface area is 158 Å². The number of carbonyl (C=O) groups is 1. The first kappa shape index (κ1) is 19.5. The van der Waals surface area contributed by atoms with E-state index in [1.54, 1.807) is 19.1 Å². The maximum absolute atomic E-state index is 13.2. The SMILES string of the molecule is C[C@H](c1ccc(F)cc1)N(C)C(=O)c1cn(-c2ccccc2C(F)(F)F)nn1. The lowest BCUT2D eigenvalue weighted by Crippen LogP contribution is -2.30. The van der Waals surface area contributed by atoms with Gasteiger partial charge in [-0.25, -0.2) is 9.07 Å². The predicted molar refractivity (Wildman–Crippen MR) is 93.3 cm³/mol. The number of hydrogen-bond donors (Lipinski definition) is 0. The third-order valence-electron chi connectivity index (χ3n) is 4.42. The maximum Gasteiger partial charge on any atom is 0.418 e. The van der Waals surface area contributed by atoms with Gasteiger partial charge in [0.1, 0.15) is 5.82 Å². The van der Waals surface area contributed by atoms with Crippen molar-refractivity contribution >= 4 is 5.91 Å². The van der Waals surface area contributed by atoms with E-state index in [1.165, 1.54) is 42.3 Å². The van der Waals surface area contributed by atoms with Crippen molar-refractivity contribution in [3.8, 4) is 5.69 Å². The molecule has 1 atom stereocenters. The summed E-state index contributed by atoms with van der Waals surface area (Å²) in [5, 5.41) is 7.40. The van der Waals surface area contributed by atoms with E-state index in [1.807, 2.05) is 0 Å². The molecule has 146 valence electrons. The van der Waals surface area contributed by atoms with Crippen molar-refractivity contribution in [2.75, 3.05) is 7.05 Å². The normalized spacial score (nSPS) is 12.6. The Balaban J connectivity index is 1.86. The van der Waals surface area contributed by atoms with Crippen molar-refractivity contribution in [2.24, 2.45) is 0 Å². The van der Waals surface area contributed by atoms with Gasteiger partial charge in [-0.05, 0) is 36.8 Å². The second-order valence-corrected chi connectivity index (χ2v) is 6.21. The molecule has 0 spiro atoms. The molecule has 0 fully saturated rings. The average molecular weight is 392 g/mol. The number of alkyl halides is 3. The van der Waals surface area contributed by atoms with Crippen molar-refractivity contribution in [1.29, 1.82) is 0 Å². The van der Waals surface area contributed by atoms with Crippen LogP contribution in [0.3, 0.4) is 0 Å². The number of rotatable bonds is 4. The van der Waals surface area contributed by atoms with Crippen LogP contribution in [0.2, 0.25) is 0 Å². The standard InChI is InChI=1S/C19H16F4N4O/c1-12(13-7-9-14(20)10-8-13)26(2)18(28)16-11-27(25-24-16)17-6-4-3-5-15(17)19(21,22)23/h3-12H,1-2H3/t12-/m1/s1. The molecule has 9 heteroatoms. The molecule has 0 saturated heterocycles. The molecule has 0 aliphatic rings. The summed E-state index contributed by atoms with van der Waals surface area (Å²) in [6, 6.07) is 10.2. The molecule has 0 saturated carbocycles. The Morgan fingerprint density at radius 3 is 2.39 bits per heavy atom. The Hall–Kier alpha value is -3.23. The number of aromatic nitrogens is 3. The molecule has 3 rings (SSSR count). The number of amides is 1. The highest BCUT2D eigenvalue weighted by Crippen LogP contribution is 2.33. The van der Waals surface area contributed by atoms with Gasteiger partial charge in [-0.3, -0.25) is 4.79 Å². The summed E-state index contributed by atoms with van der Waals surface area (Å²) in [4.78, 5) is 14.0. The molecule has 2 aromatic carbocycles. The number of hydrogen-bond acceptors (Lipinski definition) is 3. The molecule has 0 bridgehead atoms. The highest BCUT2D eigenvalue weighted by molar-refractivity contribution is 5.92. The zero-order valence-electron chi connectivity index (χ0n) is 15.0. The Morgan fingerprint density at radius 1 is 1.11 bits per heavy atom. The zero-order chi connectivity index (χ0) is 20.5. The minimum Gasteiger partial charge on any atom is -0.334 e. The van der Waals surface area contributed by atoms with E-state index >= 15 is 0 Å². The highest BCUT2D eigenvalue weighted by atomic mass is 19.4. The van der Waals surface area contributed by atoms with E-state index in [0.29, 0.717) is 5.56 Å². The monoisotopic (exact) mass is 392 g/mol. The maximum atomic E-state index is 13.2. The van der Waals surface area contributed by atoms with Gasteiger partial charge in [-0.2, -0.15) is 13.2 Å². The number of para-hydroxylation sites is 1. The summed E-state index contributed by atoms with van der Waals surface area (Å²) < 4.78 is 53.6. The lowest BCUT2D eigenvalue weighted by Gasteiger charge is -2.24. The number of benzene rings is 2. The molecular weight excluding hydrogens is 376 g/mol. The van der Waals surface area contributed by atoms with Gasteiger partial charge >= 0.3 is 6.18 Å². The average Bonchev–Trinajstić information content (AvgIpc) is 3.16. The largest absolute Gasteiger partial charge is 0.418 e. The second kappa shape index (κ2) is 7.41. The van der Waals surface area contributed by atoms with Crippen LogP contribution >= 0.6 is 0 Å². The van der Waals surface area contributed by atoms with Crippen LogP contribution in [-0.2, 0) is 6.18 Å². The van der Waals surface area contributed by atoms with Crippen LogP contribution in [-0.4, -0.2) is 32.8 Å². The number of nitrogens with zero attached hydrogens (tertiary/aromatic N) is 4. The van der Waals surface area contributed by atoms with Crippen molar-refractivity contribution in [2.45, 2.75) is 19.1 Å². The fourth-order valence-corrected chi connectivity index (χ4v) is 2.71. The minimum atomic E-state index is -4.57. The summed E-state index contributed by atoms with van der Waals surface area (Å²) in [6.45, 7) is 1.74. The summed E-state index contributed by atoms with van der Waals surface area (Å²) in [6.07, 6.45) is -3.42. The van der Waals surface area contributed by atoms with Crippen LogP contribution in [0.15, 0.2) is 54.7 Å². The molecule has 3 aromatic rings. The van der Waals surface area contributed by atoms with E-state index in [0.717, 1.165) is 16.9 Å². The molecule has 28 heavy (non-hydrogen) atoms. The summed E-state index contributed by atoms with van der Waals surface area (Å²) >= 11 is 0. The van der Waals surface area contributed by atoms with Crippen molar-refractivity contribution in [1.82, 2.24) is 19.9 Å². The van der Waals surface area contributed by atoms with Crippen LogP contribution < -0.4 is 0 Å².